The minimum absolute atomic E-state index is 0.0888. The van der Waals surface area contributed by atoms with Gasteiger partial charge in [-0.05, 0) is 30.7 Å². The van der Waals surface area contributed by atoms with Gasteiger partial charge in [-0.15, -0.1) is 0 Å². The van der Waals surface area contributed by atoms with Crippen LogP contribution in [0.1, 0.15) is 24.0 Å². The monoisotopic (exact) mass is 382 g/mol. The van der Waals surface area contributed by atoms with E-state index in [9.17, 15) is 4.79 Å². The van der Waals surface area contributed by atoms with Crippen LogP contribution in [-0.4, -0.2) is 26.0 Å². The number of benzene rings is 1. The van der Waals surface area contributed by atoms with Crippen molar-refractivity contribution in [3.8, 4) is 5.88 Å². The van der Waals surface area contributed by atoms with E-state index >= 15 is 0 Å². The van der Waals surface area contributed by atoms with E-state index in [1.807, 2.05) is 48.6 Å². The topological polar surface area (TPSA) is 61.4 Å². The zero-order chi connectivity index (χ0) is 19.1. The van der Waals surface area contributed by atoms with E-state index in [1.165, 1.54) is 0 Å². The van der Waals surface area contributed by atoms with Crippen LogP contribution in [0.15, 0.2) is 41.2 Å². The van der Waals surface area contributed by atoms with Gasteiger partial charge in [-0.1, -0.05) is 30.7 Å². The highest BCUT2D eigenvalue weighted by Crippen LogP contribution is 2.21. The number of halogens is 1. The van der Waals surface area contributed by atoms with E-state index in [1.54, 1.807) is 17.7 Å². The minimum Gasteiger partial charge on any atom is -0.481 e. The molecular weight excluding hydrogens is 364 g/mol. The lowest BCUT2D eigenvalue weighted by Crippen LogP contribution is -2.24. The SMILES string of the molecule is CCc1nc(C)c2c(=O)n(Cc3ccc(Cl)cc3)c3ccc(OC)nc3n12. The third kappa shape index (κ3) is 2.86. The van der Waals surface area contributed by atoms with Crippen molar-refractivity contribution in [3.63, 3.8) is 0 Å². The molecule has 0 aliphatic rings. The molecular formula is C20H19ClN4O2. The van der Waals surface area contributed by atoms with Gasteiger partial charge in [0.15, 0.2) is 5.65 Å². The molecule has 0 bridgehead atoms. The highest BCUT2D eigenvalue weighted by Gasteiger charge is 2.19. The van der Waals surface area contributed by atoms with Gasteiger partial charge in [0.1, 0.15) is 11.3 Å². The summed E-state index contributed by atoms with van der Waals surface area (Å²) in [5, 5.41) is 0.664. The molecule has 4 aromatic rings. The van der Waals surface area contributed by atoms with Gasteiger partial charge in [-0.3, -0.25) is 13.8 Å². The first kappa shape index (κ1) is 17.5. The molecule has 0 aliphatic carbocycles. The number of imidazole rings is 1. The van der Waals surface area contributed by atoms with Crippen LogP contribution in [0.4, 0.5) is 0 Å². The first-order valence-corrected chi connectivity index (χ1v) is 9.11. The van der Waals surface area contributed by atoms with Crippen molar-refractivity contribution in [2.75, 3.05) is 7.11 Å². The van der Waals surface area contributed by atoms with Crippen LogP contribution in [0.25, 0.3) is 16.7 Å². The van der Waals surface area contributed by atoms with E-state index in [4.69, 9.17) is 16.3 Å². The molecule has 4 rings (SSSR count). The molecule has 3 aromatic heterocycles. The molecule has 0 fully saturated rings. The summed E-state index contributed by atoms with van der Waals surface area (Å²) in [6, 6.07) is 11.1. The third-order valence-electron chi connectivity index (χ3n) is 4.68. The Hall–Kier alpha value is -2.86. The molecule has 7 heteroatoms. The Morgan fingerprint density at radius 1 is 1.11 bits per heavy atom. The van der Waals surface area contributed by atoms with E-state index in [0.29, 0.717) is 40.7 Å². The van der Waals surface area contributed by atoms with Crippen molar-refractivity contribution < 1.29 is 4.74 Å². The summed E-state index contributed by atoms with van der Waals surface area (Å²) >= 11 is 5.99. The second-order valence-electron chi connectivity index (χ2n) is 6.37. The fraction of sp³-hybridized carbons (Fsp3) is 0.250. The van der Waals surface area contributed by atoms with E-state index in [0.717, 1.165) is 16.9 Å². The van der Waals surface area contributed by atoms with Gasteiger partial charge in [0.2, 0.25) is 5.88 Å². The molecule has 6 nitrogen and oxygen atoms in total. The van der Waals surface area contributed by atoms with Crippen molar-refractivity contribution >= 4 is 28.3 Å². The van der Waals surface area contributed by atoms with Gasteiger partial charge in [0.05, 0.1) is 24.9 Å². The quantitative estimate of drug-likeness (QED) is 0.540. The van der Waals surface area contributed by atoms with Gasteiger partial charge < -0.3 is 4.74 Å². The lowest BCUT2D eigenvalue weighted by atomic mass is 10.2. The fourth-order valence-corrected chi connectivity index (χ4v) is 3.51. The maximum absolute atomic E-state index is 13.3. The van der Waals surface area contributed by atoms with Gasteiger partial charge in [-0.2, -0.15) is 4.98 Å². The molecule has 1 aromatic carbocycles. The average molecular weight is 383 g/mol. The van der Waals surface area contributed by atoms with Gasteiger partial charge >= 0.3 is 0 Å². The number of ether oxygens (including phenoxy) is 1. The first-order chi connectivity index (χ1) is 13.0. The van der Waals surface area contributed by atoms with Crippen LogP contribution in [0.5, 0.6) is 5.88 Å². The van der Waals surface area contributed by atoms with Crippen molar-refractivity contribution in [1.29, 1.82) is 0 Å². The smallest absolute Gasteiger partial charge is 0.277 e. The predicted octanol–water partition coefficient (Wildman–Crippen LogP) is 3.63. The molecule has 0 spiro atoms. The molecule has 0 saturated carbocycles. The summed E-state index contributed by atoms with van der Waals surface area (Å²) in [6.45, 7) is 4.29. The lowest BCUT2D eigenvalue weighted by molar-refractivity contribution is 0.399. The Morgan fingerprint density at radius 3 is 2.52 bits per heavy atom. The largest absolute Gasteiger partial charge is 0.481 e. The van der Waals surface area contributed by atoms with E-state index < -0.39 is 0 Å². The maximum atomic E-state index is 13.3. The summed E-state index contributed by atoms with van der Waals surface area (Å²) in [7, 11) is 1.58. The summed E-state index contributed by atoms with van der Waals surface area (Å²) in [5.41, 5.74) is 3.54. The number of methoxy groups -OCH3 is 1. The molecule has 0 amide bonds. The van der Waals surface area contributed by atoms with Crippen molar-refractivity contribution in [2.45, 2.75) is 26.8 Å². The number of rotatable bonds is 4. The van der Waals surface area contributed by atoms with Crippen LogP contribution in [-0.2, 0) is 13.0 Å². The Labute approximate surface area is 161 Å². The zero-order valence-corrected chi connectivity index (χ0v) is 16.1. The van der Waals surface area contributed by atoms with E-state index in [-0.39, 0.29) is 5.56 Å². The van der Waals surface area contributed by atoms with Crippen LogP contribution in [0.2, 0.25) is 5.02 Å². The highest BCUT2D eigenvalue weighted by molar-refractivity contribution is 6.30. The Bertz CT molecular complexity index is 1210. The van der Waals surface area contributed by atoms with Crippen LogP contribution < -0.4 is 10.3 Å². The number of hydrogen-bond donors (Lipinski definition) is 0. The molecule has 27 heavy (non-hydrogen) atoms. The molecule has 0 saturated heterocycles. The van der Waals surface area contributed by atoms with Gasteiger partial charge in [-0.25, -0.2) is 4.98 Å². The molecule has 0 radical (unpaired) electrons. The Morgan fingerprint density at radius 2 is 1.85 bits per heavy atom. The molecule has 0 unspecified atom stereocenters. The summed E-state index contributed by atoms with van der Waals surface area (Å²) in [5.74, 6) is 1.30. The number of aryl methyl sites for hydroxylation is 2. The predicted molar refractivity (Wildman–Crippen MR) is 106 cm³/mol. The second kappa shape index (κ2) is 6.70. The average Bonchev–Trinajstić information content (AvgIpc) is 3.03. The minimum atomic E-state index is -0.0888. The molecule has 0 aliphatic heterocycles. The molecule has 0 atom stereocenters. The fourth-order valence-electron chi connectivity index (χ4n) is 3.38. The second-order valence-corrected chi connectivity index (χ2v) is 6.80. The number of aromatic nitrogens is 4. The van der Waals surface area contributed by atoms with Crippen LogP contribution in [0, 0.1) is 6.92 Å². The summed E-state index contributed by atoms with van der Waals surface area (Å²) in [6.07, 6.45) is 0.698. The number of pyridine rings is 1. The lowest BCUT2D eigenvalue weighted by Gasteiger charge is -2.14. The van der Waals surface area contributed by atoms with E-state index in [2.05, 4.69) is 9.97 Å². The first-order valence-electron chi connectivity index (χ1n) is 8.73. The van der Waals surface area contributed by atoms with Gasteiger partial charge in [0.25, 0.3) is 5.56 Å². The van der Waals surface area contributed by atoms with Crippen LogP contribution in [0.3, 0.4) is 0 Å². The number of nitrogens with zero attached hydrogens (tertiary/aromatic N) is 4. The number of hydrogen-bond acceptors (Lipinski definition) is 4. The normalized spacial score (nSPS) is 11.4. The standard InChI is InChI=1S/C20H19ClN4O2/c1-4-16-22-12(2)18-20(26)24(11-13-5-7-14(21)8-6-13)15-9-10-17(27-3)23-19(15)25(16)18/h5-10H,4,11H2,1-3H3. The third-order valence-corrected chi connectivity index (χ3v) is 4.93. The zero-order valence-electron chi connectivity index (χ0n) is 15.4. The van der Waals surface area contributed by atoms with Crippen molar-refractivity contribution in [2.24, 2.45) is 0 Å². The van der Waals surface area contributed by atoms with Crippen molar-refractivity contribution in [1.82, 2.24) is 18.9 Å². The Balaban J connectivity index is 2.08. The van der Waals surface area contributed by atoms with Crippen LogP contribution >= 0.6 is 11.6 Å². The summed E-state index contributed by atoms with van der Waals surface area (Å²) in [4.78, 5) is 22.5. The Kier molecular flexibility index (Phi) is 4.36. The van der Waals surface area contributed by atoms with Crippen molar-refractivity contribution in [3.05, 3.63) is 68.9 Å². The summed E-state index contributed by atoms with van der Waals surface area (Å²) < 4.78 is 8.89. The molecule has 0 N–H and O–H groups in total. The highest BCUT2D eigenvalue weighted by atomic mass is 35.5. The maximum Gasteiger partial charge on any atom is 0.277 e. The molecule has 138 valence electrons. The van der Waals surface area contributed by atoms with Gasteiger partial charge in [0, 0.05) is 17.5 Å². The molecule has 3 heterocycles. The number of fused-ring (bicyclic) bond motifs is 3.